The van der Waals surface area contributed by atoms with Crippen LogP contribution in [-0.4, -0.2) is 5.25 Å². The van der Waals surface area contributed by atoms with Crippen LogP contribution in [0.2, 0.25) is 0 Å². The first-order valence-electron chi connectivity index (χ1n) is 20.2. The molecule has 3 aliphatic carbocycles. The minimum absolute atomic E-state index is 0.324. The molecule has 0 radical (unpaired) electrons. The Labute approximate surface area is 341 Å². The summed E-state index contributed by atoms with van der Waals surface area (Å²) in [7, 11) is 0. The third-order valence-electron chi connectivity index (χ3n) is 12.8. The molecule has 0 saturated heterocycles. The zero-order chi connectivity index (χ0) is 37.7. The summed E-state index contributed by atoms with van der Waals surface area (Å²) in [5, 5.41) is 9.66. The van der Waals surface area contributed by atoms with E-state index in [2.05, 4.69) is 193 Å². The maximum atomic E-state index is 2.71. The number of benzene rings is 7. The first kappa shape index (κ1) is 33.3. The average Bonchev–Trinajstić information content (AvgIpc) is 3.85. The first-order valence-corrected chi connectivity index (χ1v) is 21.9. The smallest absolute Gasteiger partial charge is 0.0715 e. The van der Waals surface area contributed by atoms with Gasteiger partial charge in [-0.1, -0.05) is 134 Å². The maximum absolute atomic E-state index is 2.71. The molecule has 0 bridgehead atoms. The van der Waals surface area contributed by atoms with Crippen molar-refractivity contribution in [3.05, 3.63) is 192 Å². The second-order valence-electron chi connectivity index (χ2n) is 16.0. The van der Waals surface area contributed by atoms with Gasteiger partial charge in [-0.2, -0.15) is 0 Å². The van der Waals surface area contributed by atoms with Gasteiger partial charge < -0.3 is 9.80 Å². The lowest BCUT2D eigenvalue weighted by molar-refractivity contribution is 0.483. The van der Waals surface area contributed by atoms with E-state index in [9.17, 15) is 0 Å². The molecule has 0 saturated carbocycles. The van der Waals surface area contributed by atoms with Crippen molar-refractivity contribution in [1.82, 2.24) is 0 Å². The van der Waals surface area contributed by atoms with Gasteiger partial charge in [0.2, 0.25) is 0 Å². The SMILES string of the molecule is CC1(N(C2=CCCC=C2)c2cccc3c2SC2C=CC=CC32)CC=c2ccc3c(N(c4ccccc4)c4cccc5c4sc4ccccc45)ccc4ccc1c2c43. The van der Waals surface area contributed by atoms with Crippen molar-refractivity contribution in [2.75, 3.05) is 9.80 Å². The molecule has 1 aromatic heterocycles. The third-order valence-corrected chi connectivity index (χ3v) is 15.4. The molecule has 0 amide bonds. The van der Waals surface area contributed by atoms with Crippen molar-refractivity contribution in [2.45, 2.75) is 47.8 Å². The summed E-state index contributed by atoms with van der Waals surface area (Å²) in [5.74, 6) is 0.414. The third kappa shape index (κ3) is 4.97. The molecule has 2 nitrogen and oxygen atoms in total. The highest BCUT2D eigenvalue weighted by Crippen LogP contribution is 2.56. The Morgan fingerprint density at radius 2 is 1.47 bits per heavy atom. The highest BCUT2D eigenvalue weighted by atomic mass is 32.2. The van der Waals surface area contributed by atoms with Gasteiger partial charge in [0, 0.05) is 48.3 Å². The molecular formula is C53H40N2S2. The van der Waals surface area contributed by atoms with Crippen LogP contribution in [0.5, 0.6) is 0 Å². The lowest BCUT2D eigenvalue weighted by atomic mass is 9.77. The summed E-state index contributed by atoms with van der Waals surface area (Å²) in [5.41, 5.74) is 8.72. The number of allylic oxidation sites excluding steroid dienone is 6. The second-order valence-corrected chi connectivity index (χ2v) is 18.2. The van der Waals surface area contributed by atoms with Crippen LogP contribution in [0, 0.1) is 0 Å². The lowest BCUT2D eigenvalue weighted by Gasteiger charge is -2.46. The normalized spacial score (nSPS) is 20.5. The molecule has 3 atom stereocenters. The Kier molecular flexibility index (Phi) is 7.52. The molecule has 7 aromatic carbocycles. The Morgan fingerprint density at radius 1 is 0.649 bits per heavy atom. The summed E-state index contributed by atoms with van der Waals surface area (Å²) >= 11 is 3.93. The highest BCUT2D eigenvalue weighted by Gasteiger charge is 2.42. The Balaban J connectivity index is 1.09. The summed E-state index contributed by atoms with van der Waals surface area (Å²) in [4.78, 5) is 6.64. The van der Waals surface area contributed by atoms with Crippen molar-refractivity contribution in [1.29, 1.82) is 0 Å². The van der Waals surface area contributed by atoms with E-state index in [1.165, 1.54) is 85.7 Å². The van der Waals surface area contributed by atoms with Gasteiger partial charge in [0.15, 0.2) is 0 Å². The van der Waals surface area contributed by atoms with Crippen LogP contribution >= 0.6 is 23.1 Å². The van der Waals surface area contributed by atoms with Gasteiger partial charge in [0.1, 0.15) is 0 Å². The van der Waals surface area contributed by atoms with E-state index in [1.807, 2.05) is 23.1 Å². The molecule has 0 spiro atoms. The summed E-state index contributed by atoms with van der Waals surface area (Å²) in [6, 6.07) is 47.9. The van der Waals surface area contributed by atoms with Crippen LogP contribution < -0.4 is 15.0 Å². The molecule has 0 N–H and O–H groups in total. The van der Waals surface area contributed by atoms with Gasteiger partial charge in [-0.05, 0) is 101 Å². The molecule has 12 rings (SSSR count). The number of thiophene rings is 1. The quantitative estimate of drug-likeness (QED) is 0.166. The molecule has 8 aromatic rings. The van der Waals surface area contributed by atoms with Gasteiger partial charge in [-0.3, -0.25) is 0 Å². The second kappa shape index (κ2) is 12.9. The van der Waals surface area contributed by atoms with Crippen LogP contribution in [0.4, 0.5) is 22.7 Å². The summed E-state index contributed by atoms with van der Waals surface area (Å²) in [6.07, 6.45) is 22.0. The Hall–Kier alpha value is -5.81. The molecular weight excluding hydrogens is 729 g/mol. The van der Waals surface area contributed by atoms with Gasteiger partial charge in [-0.25, -0.2) is 0 Å². The van der Waals surface area contributed by atoms with E-state index < -0.39 is 0 Å². The van der Waals surface area contributed by atoms with Gasteiger partial charge in [0.25, 0.3) is 0 Å². The minimum Gasteiger partial charge on any atom is -0.330 e. The first-order chi connectivity index (χ1) is 28.2. The van der Waals surface area contributed by atoms with E-state index in [4.69, 9.17) is 0 Å². The van der Waals surface area contributed by atoms with Gasteiger partial charge in [-0.15, -0.1) is 23.1 Å². The molecule has 57 heavy (non-hydrogen) atoms. The van der Waals surface area contributed by atoms with E-state index in [0.717, 1.165) is 24.9 Å². The van der Waals surface area contributed by atoms with Crippen molar-refractivity contribution in [3.8, 4) is 0 Å². The molecule has 1 aliphatic heterocycles. The highest BCUT2D eigenvalue weighted by molar-refractivity contribution is 8.00. The fourth-order valence-corrected chi connectivity index (χ4v) is 12.8. The number of hydrogen-bond acceptors (Lipinski definition) is 4. The molecule has 4 heteroatoms. The van der Waals surface area contributed by atoms with E-state index >= 15 is 0 Å². The molecule has 0 fully saturated rings. The van der Waals surface area contributed by atoms with Crippen LogP contribution in [0.25, 0.3) is 47.8 Å². The topological polar surface area (TPSA) is 6.48 Å². The lowest BCUT2D eigenvalue weighted by Crippen LogP contribution is -2.45. The predicted octanol–water partition coefficient (Wildman–Crippen LogP) is 14.4. The van der Waals surface area contributed by atoms with Crippen molar-refractivity contribution >= 4 is 93.6 Å². The minimum atomic E-state index is -0.324. The van der Waals surface area contributed by atoms with Crippen LogP contribution in [0.1, 0.15) is 43.2 Å². The largest absolute Gasteiger partial charge is 0.330 e. The van der Waals surface area contributed by atoms with E-state index in [1.54, 1.807) is 0 Å². The fourth-order valence-electron chi connectivity index (χ4n) is 10.2. The molecule has 2 heterocycles. The molecule has 4 aliphatic rings. The monoisotopic (exact) mass is 768 g/mol. The predicted molar refractivity (Wildman–Crippen MR) is 247 cm³/mol. The van der Waals surface area contributed by atoms with Gasteiger partial charge in [0.05, 0.1) is 27.3 Å². The number of fused-ring (bicyclic) bond motifs is 6. The average molecular weight is 769 g/mol. The van der Waals surface area contributed by atoms with Crippen LogP contribution in [-0.2, 0) is 5.54 Å². The van der Waals surface area contributed by atoms with Crippen molar-refractivity contribution < 1.29 is 0 Å². The number of rotatable bonds is 6. The van der Waals surface area contributed by atoms with Gasteiger partial charge >= 0.3 is 0 Å². The standard InChI is InChI=1S/C53H40N2S2/c1-53(55(37-16-6-3-7-17-37)46-23-13-21-41-39-19-9-11-25-48(39)57-52(41)46)33-32-35-26-29-42-44(31-28-34-27-30-43(53)50(35)49(34)42)54(36-14-4-2-5-15-36)45-22-12-20-40-38-18-8-10-24-47(38)56-51(40)45/h2,4-6,8-32,39,48H,3,7,33H2,1H3. The van der Waals surface area contributed by atoms with Crippen LogP contribution in [0.3, 0.4) is 0 Å². The maximum Gasteiger partial charge on any atom is 0.0715 e. The van der Waals surface area contributed by atoms with Crippen LogP contribution in [0.15, 0.2) is 181 Å². The van der Waals surface area contributed by atoms with E-state index in [0.29, 0.717) is 11.2 Å². The molecule has 3 unspecified atom stereocenters. The van der Waals surface area contributed by atoms with E-state index in [-0.39, 0.29) is 5.54 Å². The number of hydrogen-bond donors (Lipinski definition) is 0. The zero-order valence-electron chi connectivity index (χ0n) is 31.7. The van der Waals surface area contributed by atoms with Crippen molar-refractivity contribution in [2.24, 2.45) is 0 Å². The summed E-state index contributed by atoms with van der Waals surface area (Å²) in [6.45, 7) is 2.49. The number of thioether (sulfide) groups is 1. The number of para-hydroxylation sites is 1. The number of anilines is 4. The van der Waals surface area contributed by atoms with Crippen molar-refractivity contribution in [3.63, 3.8) is 0 Å². The summed E-state index contributed by atoms with van der Waals surface area (Å²) < 4.78 is 2.62. The Bertz CT molecular complexity index is 3130. The Morgan fingerprint density at radius 3 is 2.39 bits per heavy atom. The number of nitrogens with zero attached hydrogens (tertiary/aromatic N) is 2. The molecule has 274 valence electrons. The zero-order valence-corrected chi connectivity index (χ0v) is 33.4. The fraction of sp³-hybridized carbons (Fsp3) is 0.132.